The summed E-state index contributed by atoms with van der Waals surface area (Å²) in [6.07, 6.45) is 7.02. The van der Waals surface area contributed by atoms with Crippen LogP contribution in [0.2, 0.25) is 0 Å². The standard InChI is InChI=1S/C18H18N2OS/c21-18-16-14-9-4-10-15(14)22-17(16)19-12-20(18)11-5-8-13-6-2-1-3-7-13/h1-3,6-7,12H,4-5,8-11H2. The molecule has 0 fully saturated rings. The van der Waals surface area contributed by atoms with E-state index in [1.165, 1.54) is 22.4 Å². The Bertz CT molecular complexity index is 864. The lowest BCUT2D eigenvalue weighted by molar-refractivity contribution is 0.617. The van der Waals surface area contributed by atoms with E-state index in [9.17, 15) is 4.79 Å². The highest BCUT2D eigenvalue weighted by molar-refractivity contribution is 7.18. The smallest absolute Gasteiger partial charge is 0.262 e. The molecule has 3 nitrogen and oxygen atoms in total. The van der Waals surface area contributed by atoms with Gasteiger partial charge >= 0.3 is 0 Å². The number of benzene rings is 1. The van der Waals surface area contributed by atoms with E-state index < -0.39 is 0 Å². The molecule has 0 saturated carbocycles. The molecule has 1 aliphatic carbocycles. The molecular formula is C18H18N2OS. The fourth-order valence-electron chi connectivity index (χ4n) is 3.28. The average Bonchev–Trinajstić information content (AvgIpc) is 3.11. The van der Waals surface area contributed by atoms with Crippen molar-refractivity contribution in [2.24, 2.45) is 0 Å². The summed E-state index contributed by atoms with van der Waals surface area (Å²) in [6, 6.07) is 10.4. The number of aromatic nitrogens is 2. The first-order valence-electron chi connectivity index (χ1n) is 7.86. The number of fused-ring (bicyclic) bond motifs is 3. The largest absolute Gasteiger partial charge is 0.299 e. The normalized spacial score (nSPS) is 13.6. The van der Waals surface area contributed by atoms with Crippen LogP contribution in [0.15, 0.2) is 41.5 Å². The van der Waals surface area contributed by atoms with Crippen LogP contribution in [-0.4, -0.2) is 9.55 Å². The zero-order chi connectivity index (χ0) is 14.9. The van der Waals surface area contributed by atoms with Crippen molar-refractivity contribution in [3.05, 3.63) is 63.0 Å². The zero-order valence-electron chi connectivity index (χ0n) is 12.4. The molecule has 1 aliphatic rings. The predicted octanol–water partition coefficient (Wildman–Crippen LogP) is 3.58. The average molecular weight is 310 g/mol. The van der Waals surface area contributed by atoms with Crippen molar-refractivity contribution in [1.29, 1.82) is 0 Å². The van der Waals surface area contributed by atoms with Crippen LogP contribution in [-0.2, 0) is 25.8 Å². The molecule has 0 atom stereocenters. The van der Waals surface area contributed by atoms with Gasteiger partial charge in [0.05, 0.1) is 11.7 Å². The van der Waals surface area contributed by atoms with Crippen LogP contribution in [0.5, 0.6) is 0 Å². The molecule has 0 spiro atoms. The first kappa shape index (κ1) is 13.7. The van der Waals surface area contributed by atoms with Gasteiger partial charge in [-0.25, -0.2) is 4.98 Å². The van der Waals surface area contributed by atoms with Gasteiger partial charge in [0.15, 0.2) is 0 Å². The molecule has 4 heteroatoms. The maximum absolute atomic E-state index is 12.7. The number of hydrogen-bond acceptors (Lipinski definition) is 3. The van der Waals surface area contributed by atoms with Crippen molar-refractivity contribution < 1.29 is 0 Å². The van der Waals surface area contributed by atoms with E-state index >= 15 is 0 Å². The topological polar surface area (TPSA) is 34.9 Å². The lowest BCUT2D eigenvalue weighted by Gasteiger charge is -2.06. The van der Waals surface area contributed by atoms with E-state index in [0.717, 1.165) is 42.4 Å². The zero-order valence-corrected chi connectivity index (χ0v) is 13.2. The van der Waals surface area contributed by atoms with Gasteiger partial charge in [0.25, 0.3) is 5.56 Å². The summed E-state index contributed by atoms with van der Waals surface area (Å²) in [5.41, 5.74) is 2.74. The van der Waals surface area contributed by atoms with Crippen molar-refractivity contribution in [1.82, 2.24) is 9.55 Å². The highest BCUT2D eigenvalue weighted by Gasteiger charge is 2.21. The molecule has 22 heavy (non-hydrogen) atoms. The van der Waals surface area contributed by atoms with Gasteiger partial charge in [-0.3, -0.25) is 9.36 Å². The lowest BCUT2D eigenvalue weighted by atomic mass is 10.1. The number of hydrogen-bond donors (Lipinski definition) is 0. The maximum atomic E-state index is 12.7. The second-order valence-corrected chi connectivity index (χ2v) is 6.95. The SMILES string of the molecule is O=c1c2c3c(sc2ncn1CCCc1ccccc1)CCC3. The number of nitrogens with zero attached hydrogens (tertiary/aromatic N) is 2. The Labute approximate surface area is 133 Å². The van der Waals surface area contributed by atoms with Crippen LogP contribution in [0.4, 0.5) is 0 Å². The molecule has 0 radical (unpaired) electrons. The summed E-state index contributed by atoms with van der Waals surface area (Å²) in [4.78, 5) is 19.5. The summed E-state index contributed by atoms with van der Waals surface area (Å²) >= 11 is 1.71. The minimum atomic E-state index is 0.150. The van der Waals surface area contributed by atoms with Gasteiger partial charge in [0.2, 0.25) is 0 Å². The van der Waals surface area contributed by atoms with Crippen molar-refractivity contribution in [3.8, 4) is 0 Å². The molecule has 1 aromatic carbocycles. The van der Waals surface area contributed by atoms with Crippen LogP contribution in [0.25, 0.3) is 10.2 Å². The molecule has 2 aromatic heterocycles. The highest BCUT2D eigenvalue weighted by Crippen LogP contribution is 2.34. The molecule has 0 saturated heterocycles. The Morgan fingerprint density at radius 3 is 2.91 bits per heavy atom. The minimum absolute atomic E-state index is 0.150. The summed E-state index contributed by atoms with van der Waals surface area (Å²) in [5.74, 6) is 0. The quantitative estimate of drug-likeness (QED) is 0.738. The molecule has 0 amide bonds. The Kier molecular flexibility index (Phi) is 3.54. The molecule has 0 bridgehead atoms. The van der Waals surface area contributed by atoms with Crippen LogP contribution in [0.3, 0.4) is 0 Å². The highest BCUT2D eigenvalue weighted by atomic mass is 32.1. The van der Waals surface area contributed by atoms with Gasteiger partial charge in [0, 0.05) is 11.4 Å². The summed E-state index contributed by atoms with van der Waals surface area (Å²) in [5, 5.41) is 0.889. The van der Waals surface area contributed by atoms with Crippen LogP contribution < -0.4 is 5.56 Å². The van der Waals surface area contributed by atoms with Gasteiger partial charge < -0.3 is 0 Å². The van der Waals surface area contributed by atoms with E-state index in [1.807, 2.05) is 6.07 Å². The fourth-order valence-corrected chi connectivity index (χ4v) is 4.50. The van der Waals surface area contributed by atoms with E-state index in [2.05, 4.69) is 29.2 Å². The third kappa shape index (κ3) is 2.37. The van der Waals surface area contributed by atoms with Gasteiger partial charge in [-0.05, 0) is 43.2 Å². The van der Waals surface area contributed by atoms with Gasteiger partial charge in [0.1, 0.15) is 4.83 Å². The molecule has 0 N–H and O–H groups in total. The van der Waals surface area contributed by atoms with Crippen LogP contribution >= 0.6 is 11.3 Å². The second-order valence-electron chi connectivity index (χ2n) is 5.87. The Hall–Kier alpha value is -1.94. The van der Waals surface area contributed by atoms with Crippen molar-refractivity contribution >= 4 is 21.6 Å². The first-order chi connectivity index (χ1) is 10.8. The molecule has 0 aliphatic heterocycles. The van der Waals surface area contributed by atoms with Crippen molar-refractivity contribution in [3.63, 3.8) is 0 Å². The molecular weight excluding hydrogens is 292 g/mol. The van der Waals surface area contributed by atoms with E-state index in [1.54, 1.807) is 22.2 Å². The third-order valence-electron chi connectivity index (χ3n) is 4.40. The van der Waals surface area contributed by atoms with Gasteiger partial charge in [-0.1, -0.05) is 30.3 Å². The van der Waals surface area contributed by atoms with Crippen LogP contribution in [0.1, 0.15) is 28.8 Å². The molecule has 3 aromatic rings. The van der Waals surface area contributed by atoms with E-state index in [-0.39, 0.29) is 5.56 Å². The molecule has 0 unspecified atom stereocenters. The van der Waals surface area contributed by atoms with Crippen molar-refractivity contribution in [2.45, 2.75) is 38.6 Å². The summed E-state index contributed by atoms with van der Waals surface area (Å²) < 4.78 is 1.79. The van der Waals surface area contributed by atoms with Crippen LogP contribution in [0, 0.1) is 0 Å². The fraction of sp³-hybridized carbons (Fsp3) is 0.333. The van der Waals surface area contributed by atoms with Crippen molar-refractivity contribution in [2.75, 3.05) is 0 Å². The van der Waals surface area contributed by atoms with Gasteiger partial charge in [-0.15, -0.1) is 11.3 Å². The molecule has 2 heterocycles. The predicted molar refractivity (Wildman–Crippen MR) is 90.7 cm³/mol. The van der Waals surface area contributed by atoms with E-state index in [0.29, 0.717) is 0 Å². The lowest BCUT2D eigenvalue weighted by Crippen LogP contribution is -2.21. The Balaban J connectivity index is 1.57. The van der Waals surface area contributed by atoms with E-state index in [4.69, 9.17) is 0 Å². The van der Waals surface area contributed by atoms with Gasteiger partial charge in [-0.2, -0.15) is 0 Å². The number of aryl methyl sites for hydroxylation is 4. The third-order valence-corrected chi connectivity index (χ3v) is 5.60. The Morgan fingerprint density at radius 1 is 1.18 bits per heavy atom. The minimum Gasteiger partial charge on any atom is -0.299 e. The monoisotopic (exact) mass is 310 g/mol. The molecule has 4 rings (SSSR count). The summed E-state index contributed by atoms with van der Waals surface area (Å²) in [7, 11) is 0. The molecule has 112 valence electrons. The number of rotatable bonds is 4. The second kappa shape index (κ2) is 5.69. The Morgan fingerprint density at radius 2 is 2.05 bits per heavy atom. The summed E-state index contributed by atoms with van der Waals surface area (Å²) in [6.45, 7) is 0.737. The number of thiophene rings is 1. The maximum Gasteiger partial charge on any atom is 0.262 e. The first-order valence-corrected chi connectivity index (χ1v) is 8.68.